The molecule has 17 heavy (non-hydrogen) atoms. The zero-order valence-electron chi connectivity index (χ0n) is 11.6. The van der Waals surface area contributed by atoms with Gasteiger partial charge in [-0.1, -0.05) is 53.7 Å². The molecule has 0 saturated carbocycles. The second kappa shape index (κ2) is 4.52. The van der Waals surface area contributed by atoms with Gasteiger partial charge >= 0.3 is 6.41 Å². The van der Waals surface area contributed by atoms with Gasteiger partial charge in [0.1, 0.15) is 0 Å². The van der Waals surface area contributed by atoms with E-state index in [2.05, 4.69) is 59.0 Å². The van der Waals surface area contributed by atoms with Gasteiger partial charge in [-0.2, -0.15) is 0 Å². The largest absolute Gasteiger partial charge is 0.318 e. The van der Waals surface area contributed by atoms with Crippen LogP contribution in [0.3, 0.4) is 0 Å². The van der Waals surface area contributed by atoms with Crippen molar-refractivity contribution in [3.63, 3.8) is 0 Å². The Bertz CT molecular complexity index is 408. The standard InChI is InChI=1S/C15H22NO/c1-14(2,3)11-7-8-13(16-10-17)12(9-11)15(4,5)6/h7-9H,1-6H3,(H,16,17). The summed E-state index contributed by atoms with van der Waals surface area (Å²) in [4.78, 5) is 10.5. The summed E-state index contributed by atoms with van der Waals surface area (Å²) in [6.07, 6.45) is 1.75. The molecule has 1 rings (SSSR count). The molecule has 0 unspecified atom stereocenters. The zero-order chi connectivity index (χ0) is 13.3. The molecular weight excluding hydrogens is 210 g/mol. The molecular formula is C15H22NO. The molecule has 0 aliphatic heterocycles. The smallest absolute Gasteiger partial charge is 0.314 e. The maximum atomic E-state index is 10.5. The first-order chi connectivity index (χ1) is 7.66. The average molecular weight is 232 g/mol. The minimum atomic E-state index is 0.000440. The lowest BCUT2D eigenvalue weighted by Crippen LogP contribution is -2.18. The van der Waals surface area contributed by atoms with E-state index in [0.717, 1.165) is 11.3 Å². The number of hydrogen-bond acceptors (Lipinski definition) is 1. The van der Waals surface area contributed by atoms with Crippen LogP contribution in [0.15, 0.2) is 18.2 Å². The van der Waals surface area contributed by atoms with E-state index in [4.69, 9.17) is 0 Å². The first kappa shape index (κ1) is 13.8. The summed E-state index contributed by atoms with van der Waals surface area (Å²) in [7, 11) is 0. The van der Waals surface area contributed by atoms with E-state index in [1.54, 1.807) is 6.41 Å². The average Bonchev–Trinajstić information content (AvgIpc) is 2.15. The first-order valence-electron chi connectivity index (χ1n) is 5.94. The van der Waals surface area contributed by atoms with Crippen LogP contribution < -0.4 is 5.32 Å². The molecule has 1 N–H and O–H groups in total. The van der Waals surface area contributed by atoms with Crippen LogP contribution in [0.25, 0.3) is 0 Å². The summed E-state index contributed by atoms with van der Waals surface area (Å²) in [5.74, 6) is 0. The lowest BCUT2D eigenvalue weighted by atomic mass is 9.80. The van der Waals surface area contributed by atoms with Crippen molar-refractivity contribution in [2.45, 2.75) is 52.4 Å². The van der Waals surface area contributed by atoms with Crippen molar-refractivity contribution < 1.29 is 4.79 Å². The van der Waals surface area contributed by atoms with Crippen molar-refractivity contribution in [3.8, 4) is 0 Å². The second-order valence-corrected chi connectivity index (χ2v) is 6.49. The van der Waals surface area contributed by atoms with Crippen molar-refractivity contribution in [3.05, 3.63) is 29.3 Å². The Balaban J connectivity index is 3.34. The van der Waals surface area contributed by atoms with Gasteiger partial charge < -0.3 is 5.32 Å². The summed E-state index contributed by atoms with van der Waals surface area (Å²) in [6.45, 7) is 13.0. The molecule has 1 radical (unpaired) electrons. The molecule has 0 fully saturated rings. The van der Waals surface area contributed by atoms with Crippen molar-refractivity contribution in [2.75, 3.05) is 5.32 Å². The van der Waals surface area contributed by atoms with Crippen molar-refractivity contribution >= 4 is 12.1 Å². The van der Waals surface area contributed by atoms with Gasteiger partial charge in [-0.25, -0.2) is 0 Å². The number of benzene rings is 1. The Hall–Kier alpha value is -1.31. The maximum absolute atomic E-state index is 10.5. The molecule has 0 bridgehead atoms. The van der Waals surface area contributed by atoms with Gasteiger partial charge in [-0.05, 0) is 28.0 Å². The molecule has 1 aromatic carbocycles. The number of carbonyl (C=O) groups excluding carboxylic acids is 1. The monoisotopic (exact) mass is 232 g/mol. The van der Waals surface area contributed by atoms with Gasteiger partial charge in [0.15, 0.2) is 0 Å². The quantitative estimate of drug-likeness (QED) is 0.773. The Morgan fingerprint density at radius 1 is 1.00 bits per heavy atom. The third-order valence-corrected chi connectivity index (χ3v) is 2.88. The molecule has 0 saturated heterocycles. The fourth-order valence-electron chi connectivity index (χ4n) is 1.80. The highest BCUT2D eigenvalue weighted by atomic mass is 16.1. The van der Waals surface area contributed by atoms with Crippen LogP contribution in [0.1, 0.15) is 52.7 Å². The van der Waals surface area contributed by atoms with Crippen LogP contribution in [-0.4, -0.2) is 6.41 Å². The fraction of sp³-hybridized carbons (Fsp3) is 0.533. The van der Waals surface area contributed by atoms with Crippen molar-refractivity contribution in [1.82, 2.24) is 0 Å². The topological polar surface area (TPSA) is 29.1 Å². The molecule has 0 aromatic heterocycles. The Kier molecular flexibility index (Phi) is 3.65. The normalized spacial score (nSPS) is 12.4. The van der Waals surface area contributed by atoms with E-state index >= 15 is 0 Å². The molecule has 0 aliphatic rings. The third kappa shape index (κ3) is 3.32. The molecule has 93 valence electrons. The van der Waals surface area contributed by atoms with Crippen molar-refractivity contribution in [1.29, 1.82) is 0 Å². The molecule has 2 nitrogen and oxygen atoms in total. The van der Waals surface area contributed by atoms with E-state index in [1.807, 2.05) is 6.07 Å². The van der Waals surface area contributed by atoms with E-state index in [-0.39, 0.29) is 10.8 Å². The molecule has 1 amide bonds. The predicted molar refractivity (Wildman–Crippen MR) is 73.2 cm³/mol. The molecule has 0 aliphatic carbocycles. The number of amides is 1. The third-order valence-electron chi connectivity index (χ3n) is 2.88. The maximum Gasteiger partial charge on any atom is 0.314 e. The summed E-state index contributed by atoms with van der Waals surface area (Å²) >= 11 is 0. The first-order valence-corrected chi connectivity index (χ1v) is 5.94. The lowest BCUT2D eigenvalue weighted by molar-refractivity contribution is 0.559. The van der Waals surface area contributed by atoms with E-state index in [9.17, 15) is 4.79 Å². The van der Waals surface area contributed by atoms with Gasteiger partial charge in [0.2, 0.25) is 0 Å². The Morgan fingerprint density at radius 2 is 1.59 bits per heavy atom. The minimum Gasteiger partial charge on any atom is -0.318 e. The van der Waals surface area contributed by atoms with Crippen LogP contribution >= 0.6 is 0 Å². The summed E-state index contributed by atoms with van der Waals surface area (Å²) in [5, 5.41) is 2.66. The summed E-state index contributed by atoms with van der Waals surface area (Å²) < 4.78 is 0. The fourth-order valence-corrected chi connectivity index (χ4v) is 1.80. The van der Waals surface area contributed by atoms with E-state index < -0.39 is 0 Å². The summed E-state index contributed by atoms with van der Waals surface area (Å²) in [6, 6.07) is 6.21. The highest BCUT2D eigenvalue weighted by molar-refractivity contribution is 5.75. The lowest BCUT2D eigenvalue weighted by Gasteiger charge is -2.27. The Labute approximate surface area is 104 Å². The number of anilines is 1. The van der Waals surface area contributed by atoms with E-state index in [0.29, 0.717) is 0 Å². The van der Waals surface area contributed by atoms with Gasteiger partial charge in [0, 0.05) is 5.69 Å². The Morgan fingerprint density at radius 3 is 2.00 bits per heavy atom. The SMILES string of the molecule is CC(C)(C)c1ccc(N[C]=O)c(C(C)(C)C)c1. The van der Waals surface area contributed by atoms with Gasteiger partial charge in [0.05, 0.1) is 0 Å². The molecule has 0 spiro atoms. The number of rotatable bonds is 2. The molecule has 1 aromatic rings. The minimum absolute atomic E-state index is 0.000440. The zero-order valence-corrected chi connectivity index (χ0v) is 11.6. The van der Waals surface area contributed by atoms with Gasteiger partial charge in [-0.15, -0.1) is 0 Å². The van der Waals surface area contributed by atoms with Crippen LogP contribution in [0.4, 0.5) is 5.69 Å². The predicted octanol–water partition coefficient (Wildman–Crippen LogP) is 3.76. The van der Waals surface area contributed by atoms with Gasteiger partial charge in [-0.3, -0.25) is 4.79 Å². The number of nitrogens with one attached hydrogen (secondary N) is 1. The highest BCUT2D eigenvalue weighted by Gasteiger charge is 2.22. The highest BCUT2D eigenvalue weighted by Crippen LogP contribution is 2.33. The van der Waals surface area contributed by atoms with Crippen LogP contribution in [0.5, 0.6) is 0 Å². The van der Waals surface area contributed by atoms with Crippen LogP contribution in [-0.2, 0) is 15.6 Å². The number of hydrogen-bond donors (Lipinski definition) is 1. The molecule has 2 heteroatoms. The summed E-state index contributed by atoms with van der Waals surface area (Å²) in [5.41, 5.74) is 3.39. The molecule has 0 heterocycles. The van der Waals surface area contributed by atoms with Crippen LogP contribution in [0, 0.1) is 0 Å². The van der Waals surface area contributed by atoms with Crippen molar-refractivity contribution in [2.24, 2.45) is 0 Å². The van der Waals surface area contributed by atoms with E-state index in [1.165, 1.54) is 5.56 Å². The van der Waals surface area contributed by atoms with Gasteiger partial charge in [0.25, 0.3) is 0 Å². The van der Waals surface area contributed by atoms with Crippen LogP contribution in [0.2, 0.25) is 0 Å². The molecule has 0 atom stereocenters. The second-order valence-electron chi connectivity index (χ2n) is 6.49.